The van der Waals surface area contributed by atoms with Crippen LogP contribution in [0.2, 0.25) is 0 Å². The first-order chi connectivity index (χ1) is 16.2. The Labute approximate surface area is 205 Å². The average Bonchev–Trinajstić information content (AvgIpc) is 2.84. The van der Waals surface area contributed by atoms with E-state index >= 15 is 0 Å². The van der Waals surface area contributed by atoms with Gasteiger partial charge < -0.3 is 0 Å². The van der Waals surface area contributed by atoms with Gasteiger partial charge in [0.15, 0.2) is 0 Å². The molecular formula is C32H53F. The summed E-state index contributed by atoms with van der Waals surface area (Å²) < 4.78 is 14.8. The van der Waals surface area contributed by atoms with Gasteiger partial charge in [-0.3, -0.25) is 0 Å². The fraction of sp³-hybridized carbons (Fsp3) is 0.812. The molecule has 1 heteroatoms. The molecule has 0 heterocycles. The van der Waals surface area contributed by atoms with Gasteiger partial charge in [-0.1, -0.05) is 129 Å². The lowest BCUT2D eigenvalue weighted by Crippen LogP contribution is -2.15. The first kappa shape index (κ1) is 26.7. The van der Waals surface area contributed by atoms with E-state index in [0.29, 0.717) is 0 Å². The quantitative estimate of drug-likeness (QED) is 0.244. The van der Waals surface area contributed by atoms with E-state index in [0.717, 1.165) is 42.1 Å². The van der Waals surface area contributed by atoms with Crippen LogP contribution < -0.4 is 0 Å². The highest BCUT2D eigenvalue weighted by Gasteiger charge is 2.22. The topological polar surface area (TPSA) is 0 Å². The van der Waals surface area contributed by atoms with Crippen molar-refractivity contribution in [1.29, 1.82) is 0 Å². The van der Waals surface area contributed by atoms with Gasteiger partial charge >= 0.3 is 0 Å². The van der Waals surface area contributed by atoms with Gasteiger partial charge in [-0.05, 0) is 66.5 Å². The third-order valence-corrected chi connectivity index (χ3v) is 9.15. The lowest BCUT2D eigenvalue weighted by atomic mass is 9.77. The van der Waals surface area contributed by atoms with E-state index in [-0.39, 0.29) is 5.82 Å². The summed E-state index contributed by atoms with van der Waals surface area (Å²) in [6, 6.07) is 6.18. The molecule has 2 aliphatic rings. The zero-order valence-corrected chi connectivity index (χ0v) is 22.1. The second kappa shape index (κ2) is 15.2. The van der Waals surface area contributed by atoms with Crippen molar-refractivity contribution in [3.8, 4) is 0 Å². The average molecular weight is 457 g/mol. The van der Waals surface area contributed by atoms with Crippen LogP contribution >= 0.6 is 0 Å². The summed E-state index contributed by atoms with van der Waals surface area (Å²) in [5.41, 5.74) is 2.17. The maximum atomic E-state index is 14.8. The van der Waals surface area contributed by atoms with Crippen LogP contribution in [0.15, 0.2) is 18.2 Å². The minimum absolute atomic E-state index is 0.0559. The first-order valence-electron chi connectivity index (χ1n) is 14.9. The van der Waals surface area contributed by atoms with E-state index in [1.54, 1.807) is 0 Å². The van der Waals surface area contributed by atoms with E-state index in [9.17, 15) is 4.39 Å². The molecule has 188 valence electrons. The number of hydrogen-bond acceptors (Lipinski definition) is 0. The second-order valence-corrected chi connectivity index (χ2v) is 11.8. The molecule has 33 heavy (non-hydrogen) atoms. The van der Waals surface area contributed by atoms with Crippen molar-refractivity contribution in [3.05, 3.63) is 35.1 Å². The smallest absolute Gasteiger partial charge is 0.126 e. The standard InChI is InChI=1S/C32H53F/c1-3-5-7-9-26-11-15-28(16-12-26)19-20-30-22-24-31(32(33)25-30)23-21-29-17-13-27(14-18-29)10-8-6-4-2/h22,24-29H,3-21,23H2,1-2H3/t26-,27-,28-,29-. The number of halogens is 1. The minimum atomic E-state index is 0.0559. The van der Waals surface area contributed by atoms with E-state index in [1.165, 1.54) is 121 Å². The zero-order chi connectivity index (χ0) is 23.3. The molecule has 0 saturated heterocycles. The Kier molecular flexibility index (Phi) is 12.3. The van der Waals surface area contributed by atoms with E-state index in [1.807, 2.05) is 6.07 Å². The highest BCUT2D eigenvalue weighted by molar-refractivity contribution is 5.25. The molecule has 0 unspecified atom stereocenters. The van der Waals surface area contributed by atoms with Crippen molar-refractivity contribution in [2.24, 2.45) is 23.7 Å². The lowest BCUT2D eigenvalue weighted by molar-refractivity contribution is 0.248. The van der Waals surface area contributed by atoms with E-state index in [4.69, 9.17) is 0 Å². The molecule has 0 N–H and O–H groups in total. The summed E-state index contributed by atoms with van der Waals surface area (Å²) in [4.78, 5) is 0. The third kappa shape index (κ3) is 9.73. The van der Waals surface area contributed by atoms with Crippen LogP contribution in [0.3, 0.4) is 0 Å². The van der Waals surface area contributed by atoms with Gasteiger partial charge in [0.25, 0.3) is 0 Å². The zero-order valence-electron chi connectivity index (χ0n) is 22.1. The molecule has 0 amide bonds. The Hall–Kier alpha value is -0.850. The SMILES string of the molecule is CCCCC[C@H]1CC[C@H](CCc2ccc(CC[C@H]3CC[C@H](CCCCC)CC3)c(F)c2)CC1. The molecule has 0 spiro atoms. The molecule has 0 bridgehead atoms. The molecule has 0 nitrogen and oxygen atoms in total. The van der Waals surface area contributed by atoms with Crippen LogP contribution in [0.25, 0.3) is 0 Å². The Morgan fingerprint density at radius 1 is 0.606 bits per heavy atom. The fourth-order valence-corrected chi connectivity index (χ4v) is 6.66. The summed E-state index contributed by atoms with van der Waals surface area (Å²) >= 11 is 0. The van der Waals surface area contributed by atoms with Crippen molar-refractivity contribution in [1.82, 2.24) is 0 Å². The Balaban J connectivity index is 1.32. The summed E-state index contributed by atoms with van der Waals surface area (Å²) in [6.07, 6.45) is 26.9. The van der Waals surface area contributed by atoms with Crippen molar-refractivity contribution < 1.29 is 4.39 Å². The van der Waals surface area contributed by atoms with Crippen LogP contribution in [0.4, 0.5) is 4.39 Å². The summed E-state index contributed by atoms with van der Waals surface area (Å²) in [5, 5.41) is 0. The molecule has 1 aromatic carbocycles. The molecule has 0 radical (unpaired) electrons. The molecule has 2 fully saturated rings. The fourth-order valence-electron chi connectivity index (χ4n) is 6.66. The molecule has 0 aliphatic heterocycles. The third-order valence-electron chi connectivity index (χ3n) is 9.15. The number of benzene rings is 1. The van der Waals surface area contributed by atoms with E-state index < -0.39 is 0 Å². The van der Waals surface area contributed by atoms with Crippen LogP contribution in [0, 0.1) is 29.5 Å². The van der Waals surface area contributed by atoms with Gasteiger partial charge in [0.1, 0.15) is 5.82 Å². The van der Waals surface area contributed by atoms with Crippen LogP contribution in [-0.4, -0.2) is 0 Å². The van der Waals surface area contributed by atoms with Crippen molar-refractivity contribution in [2.75, 3.05) is 0 Å². The largest absolute Gasteiger partial charge is 0.207 e. The van der Waals surface area contributed by atoms with Gasteiger partial charge in [-0.15, -0.1) is 0 Å². The van der Waals surface area contributed by atoms with Gasteiger partial charge in [0.2, 0.25) is 0 Å². The van der Waals surface area contributed by atoms with E-state index in [2.05, 4.69) is 26.0 Å². The van der Waals surface area contributed by atoms with Gasteiger partial charge in [-0.2, -0.15) is 0 Å². The maximum Gasteiger partial charge on any atom is 0.126 e. The van der Waals surface area contributed by atoms with Crippen molar-refractivity contribution in [3.63, 3.8) is 0 Å². The summed E-state index contributed by atoms with van der Waals surface area (Å²) in [6.45, 7) is 4.59. The van der Waals surface area contributed by atoms with Crippen LogP contribution in [-0.2, 0) is 12.8 Å². The highest BCUT2D eigenvalue weighted by Crippen LogP contribution is 2.36. The molecule has 1 aromatic rings. The van der Waals surface area contributed by atoms with Crippen LogP contribution in [0.1, 0.15) is 141 Å². The summed E-state index contributed by atoms with van der Waals surface area (Å²) in [7, 11) is 0. The van der Waals surface area contributed by atoms with Crippen LogP contribution in [0.5, 0.6) is 0 Å². The molecule has 2 saturated carbocycles. The monoisotopic (exact) mass is 456 g/mol. The van der Waals surface area contributed by atoms with Gasteiger partial charge in [0.05, 0.1) is 0 Å². The number of unbranched alkanes of at least 4 members (excludes halogenated alkanes) is 4. The normalized spacial score (nSPS) is 25.9. The first-order valence-corrected chi connectivity index (χ1v) is 14.9. The number of rotatable bonds is 14. The predicted octanol–water partition coefficient (Wildman–Crippen LogP) is 10.5. The van der Waals surface area contributed by atoms with Gasteiger partial charge in [0, 0.05) is 0 Å². The lowest BCUT2D eigenvalue weighted by Gasteiger charge is -2.29. The number of aryl methyl sites for hydroxylation is 2. The maximum absolute atomic E-state index is 14.8. The second-order valence-electron chi connectivity index (χ2n) is 11.8. The Bertz CT molecular complexity index is 634. The Morgan fingerprint density at radius 3 is 1.52 bits per heavy atom. The molecular weight excluding hydrogens is 403 g/mol. The predicted molar refractivity (Wildman–Crippen MR) is 142 cm³/mol. The molecule has 0 aromatic heterocycles. The Morgan fingerprint density at radius 2 is 1.06 bits per heavy atom. The molecule has 2 aliphatic carbocycles. The molecule has 0 atom stereocenters. The van der Waals surface area contributed by atoms with Crippen molar-refractivity contribution in [2.45, 2.75) is 142 Å². The summed E-state index contributed by atoms with van der Waals surface area (Å²) in [5.74, 6) is 3.71. The van der Waals surface area contributed by atoms with Gasteiger partial charge in [-0.25, -0.2) is 4.39 Å². The highest BCUT2D eigenvalue weighted by atomic mass is 19.1. The minimum Gasteiger partial charge on any atom is -0.207 e. The molecule has 3 rings (SSSR count). The number of hydrogen-bond donors (Lipinski definition) is 0. The van der Waals surface area contributed by atoms with Crippen molar-refractivity contribution >= 4 is 0 Å².